The molecule has 4 heterocycles. The summed E-state index contributed by atoms with van der Waals surface area (Å²) in [7, 11) is 1.24. The van der Waals surface area contributed by atoms with E-state index in [-0.39, 0.29) is 0 Å². The summed E-state index contributed by atoms with van der Waals surface area (Å²) in [5, 5.41) is 103. The summed E-state index contributed by atoms with van der Waals surface area (Å²) in [5.41, 5.74) is 5.99. The molecule has 55 heavy (non-hydrogen) atoms. The highest BCUT2D eigenvalue weighted by Crippen LogP contribution is 2.34. The van der Waals surface area contributed by atoms with Crippen LogP contribution in [0.5, 0.6) is 0 Å². The van der Waals surface area contributed by atoms with E-state index in [4.69, 9.17) is 43.6 Å². The first-order chi connectivity index (χ1) is 26.0. The highest BCUT2D eigenvalue weighted by Gasteiger charge is 2.56. The number of nitrogens with two attached hydrogens (primary N) is 1. The Morgan fingerprint density at radius 3 is 1.15 bits per heavy atom. The van der Waals surface area contributed by atoms with Gasteiger partial charge in [-0.05, 0) is 0 Å². The van der Waals surface area contributed by atoms with Gasteiger partial charge in [-0.25, -0.2) is 0 Å². The predicted octanol–water partition coefficient (Wildman–Crippen LogP) is -8.70. The van der Waals surface area contributed by atoms with Gasteiger partial charge >= 0.3 is 0 Å². The van der Waals surface area contributed by atoms with Crippen LogP contribution in [-0.4, -0.2) is 220 Å². The molecule has 4 aliphatic rings. The maximum Gasteiger partial charge on any atom is 0.217 e. The number of aliphatic hydroxyl groups excluding tert-OH is 9. The van der Waals surface area contributed by atoms with E-state index in [1.807, 2.05) is 0 Å². The van der Waals surface area contributed by atoms with Gasteiger partial charge in [-0.3, -0.25) is 14.4 Å². The third-order valence-corrected chi connectivity index (χ3v) is 9.70. The fourth-order valence-electron chi connectivity index (χ4n) is 6.99. The quantitative estimate of drug-likeness (QED) is 0.0775. The molecule has 0 spiro atoms. The van der Waals surface area contributed by atoms with Gasteiger partial charge in [0.2, 0.25) is 17.7 Å². The van der Waals surface area contributed by atoms with Gasteiger partial charge in [0.1, 0.15) is 91.4 Å². The van der Waals surface area contributed by atoms with Crippen molar-refractivity contribution in [3.8, 4) is 0 Å². The number of methoxy groups -OCH3 is 1. The van der Waals surface area contributed by atoms with Crippen LogP contribution in [0.1, 0.15) is 20.8 Å². The summed E-state index contributed by atoms with van der Waals surface area (Å²) in [6.45, 7) is 0.174. The number of hydrogen-bond acceptors (Lipinski definition) is 21. The van der Waals surface area contributed by atoms with E-state index in [0.29, 0.717) is 0 Å². The highest BCUT2D eigenvalue weighted by molar-refractivity contribution is 5.74. The van der Waals surface area contributed by atoms with Gasteiger partial charge in [0.15, 0.2) is 25.2 Å². The molecule has 24 nitrogen and oxygen atoms in total. The van der Waals surface area contributed by atoms with Crippen LogP contribution in [-0.2, 0) is 52.3 Å². The molecule has 20 unspecified atom stereocenters. The summed E-state index contributed by atoms with van der Waals surface area (Å²) < 4.78 is 46.1. The van der Waals surface area contributed by atoms with Crippen LogP contribution in [0.25, 0.3) is 0 Å². The fraction of sp³-hybridized carbons (Fsp3) is 0.903. The lowest BCUT2D eigenvalue weighted by Gasteiger charge is -2.50. The van der Waals surface area contributed by atoms with Crippen molar-refractivity contribution >= 4 is 17.7 Å². The van der Waals surface area contributed by atoms with E-state index < -0.39 is 167 Å². The molecule has 14 N–H and O–H groups in total. The Labute approximate surface area is 314 Å². The topological polar surface area (TPSA) is 369 Å². The number of carbonyl (C=O) groups excluding carboxylic acids is 3. The van der Waals surface area contributed by atoms with Crippen molar-refractivity contribution < 1.29 is 98.2 Å². The summed E-state index contributed by atoms with van der Waals surface area (Å²) >= 11 is 0. The smallest absolute Gasteiger partial charge is 0.217 e. The number of carbonyl (C=O) groups is 3. The molecule has 0 saturated carbocycles. The fourth-order valence-corrected chi connectivity index (χ4v) is 6.99. The van der Waals surface area contributed by atoms with Gasteiger partial charge in [-0.2, -0.15) is 0 Å². The predicted molar refractivity (Wildman–Crippen MR) is 175 cm³/mol. The lowest BCUT2D eigenvalue weighted by atomic mass is 9.93. The summed E-state index contributed by atoms with van der Waals surface area (Å²) in [5.74, 6) is -1.98. The van der Waals surface area contributed by atoms with Crippen LogP contribution in [0.3, 0.4) is 0 Å². The third kappa shape index (κ3) is 10.2. The molecule has 4 saturated heterocycles. The van der Waals surface area contributed by atoms with Crippen LogP contribution in [0.4, 0.5) is 0 Å². The number of hydrogen-bond donors (Lipinski definition) is 13. The van der Waals surface area contributed by atoms with Crippen molar-refractivity contribution in [1.82, 2.24) is 16.0 Å². The number of rotatable bonds is 14. The van der Waals surface area contributed by atoms with Crippen molar-refractivity contribution in [3.63, 3.8) is 0 Å². The largest absolute Gasteiger partial charge is 0.394 e. The lowest BCUT2D eigenvalue weighted by molar-refractivity contribution is -0.362. The molecule has 0 radical (unpaired) electrons. The molecule has 0 aromatic heterocycles. The molecule has 4 fully saturated rings. The van der Waals surface area contributed by atoms with Crippen molar-refractivity contribution in [2.75, 3.05) is 33.5 Å². The van der Waals surface area contributed by atoms with Gasteiger partial charge in [0.05, 0.1) is 32.5 Å². The molecule has 318 valence electrons. The number of aliphatic hydroxyl groups is 9. The van der Waals surface area contributed by atoms with Crippen LogP contribution in [0, 0.1) is 0 Å². The normalized spacial score (nSPS) is 45.1. The molecular weight excluding hydrogens is 748 g/mol. The van der Waals surface area contributed by atoms with Crippen LogP contribution >= 0.6 is 0 Å². The molecule has 0 aromatic carbocycles. The van der Waals surface area contributed by atoms with Crippen LogP contribution in [0.15, 0.2) is 0 Å². The molecule has 24 heteroatoms. The molecule has 20 atom stereocenters. The lowest BCUT2D eigenvalue weighted by Crippen LogP contribution is -2.71. The molecular formula is C31H54N4O20. The Bertz CT molecular complexity index is 1270. The minimum absolute atomic E-state index is 0.564. The van der Waals surface area contributed by atoms with E-state index in [1.54, 1.807) is 0 Å². The summed E-state index contributed by atoms with van der Waals surface area (Å²) in [4.78, 5) is 36.6. The SMILES string of the molecule is COC1OC(CO)C(OC2OC(CO)C(OC3OC(CO)C(OC4OC(CO)C(O)C(O)C4N)C(O)C3NC(C)=O)C(O)C2NC(C)=O)C(O)C1NC(C)=O. The van der Waals surface area contributed by atoms with E-state index in [1.165, 1.54) is 14.0 Å². The van der Waals surface area contributed by atoms with Gasteiger partial charge < -0.3 is 106 Å². The second-order valence-electron chi connectivity index (χ2n) is 13.6. The number of amides is 3. The Kier molecular flexibility index (Phi) is 16.4. The van der Waals surface area contributed by atoms with Gasteiger partial charge in [-0.15, -0.1) is 0 Å². The van der Waals surface area contributed by atoms with Gasteiger partial charge in [0.25, 0.3) is 0 Å². The monoisotopic (exact) mass is 802 g/mol. The molecule has 4 rings (SSSR count). The molecule has 3 amide bonds. The zero-order valence-electron chi connectivity index (χ0n) is 30.5. The first-order valence-corrected chi connectivity index (χ1v) is 17.5. The molecule has 0 aromatic rings. The Morgan fingerprint density at radius 1 is 0.509 bits per heavy atom. The van der Waals surface area contributed by atoms with Crippen molar-refractivity contribution in [2.45, 2.75) is 143 Å². The van der Waals surface area contributed by atoms with Gasteiger partial charge in [-0.1, -0.05) is 0 Å². The zero-order valence-corrected chi connectivity index (χ0v) is 30.5. The second kappa shape index (κ2) is 19.9. The Morgan fingerprint density at radius 2 is 0.818 bits per heavy atom. The first-order valence-electron chi connectivity index (χ1n) is 17.5. The van der Waals surface area contributed by atoms with E-state index in [9.17, 15) is 60.3 Å². The minimum atomic E-state index is -1.84. The first kappa shape index (κ1) is 45.4. The number of ether oxygens (including phenoxy) is 8. The van der Waals surface area contributed by atoms with Crippen molar-refractivity contribution in [1.29, 1.82) is 0 Å². The average Bonchev–Trinajstić information content (AvgIpc) is 3.14. The Hall–Kier alpha value is -2.31. The average molecular weight is 803 g/mol. The maximum absolute atomic E-state index is 12.4. The molecule has 0 bridgehead atoms. The molecule has 0 aliphatic carbocycles. The van der Waals surface area contributed by atoms with E-state index >= 15 is 0 Å². The number of nitrogens with one attached hydrogen (secondary N) is 3. The zero-order chi connectivity index (χ0) is 40.9. The van der Waals surface area contributed by atoms with Crippen molar-refractivity contribution in [2.24, 2.45) is 5.73 Å². The van der Waals surface area contributed by atoms with Gasteiger partial charge in [0, 0.05) is 27.9 Å². The second-order valence-corrected chi connectivity index (χ2v) is 13.6. The standard InChI is InChI=1S/C31H54N4O20/c1-9(40)33-17-22(45)26(13(6-37)50-29(17)48-4)54-31-19(35-11(3)42)24(47)27(15(8-39)52-31)55-30-18(34-10(2)41)23(46)25(14(7-38)51-30)53-28-16(32)21(44)20(43)12(5-36)49-28/h12-31,36-39,43-47H,5-8,32H2,1-4H3,(H,33,40)(H,34,41)(H,35,42). The Balaban J connectivity index is 1.59. The van der Waals surface area contributed by atoms with Crippen LogP contribution in [0.2, 0.25) is 0 Å². The third-order valence-electron chi connectivity index (χ3n) is 9.70. The van der Waals surface area contributed by atoms with Crippen LogP contribution < -0.4 is 21.7 Å². The minimum Gasteiger partial charge on any atom is -0.394 e. The highest BCUT2D eigenvalue weighted by atomic mass is 16.8. The molecule has 4 aliphatic heterocycles. The summed E-state index contributed by atoms with van der Waals surface area (Å²) in [6, 6.07) is -5.72. The van der Waals surface area contributed by atoms with E-state index in [2.05, 4.69) is 16.0 Å². The van der Waals surface area contributed by atoms with E-state index in [0.717, 1.165) is 13.8 Å². The maximum atomic E-state index is 12.4. The summed E-state index contributed by atoms with van der Waals surface area (Å²) in [6.07, 6.45) is -25.0. The van der Waals surface area contributed by atoms with Crippen molar-refractivity contribution in [3.05, 3.63) is 0 Å².